The van der Waals surface area contributed by atoms with Crippen LogP contribution in [0.3, 0.4) is 0 Å². The summed E-state index contributed by atoms with van der Waals surface area (Å²) >= 11 is 0. The average Bonchev–Trinajstić information content (AvgIpc) is 2.16. The lowest BCUT2D eigenvalue weighted by molar-refractivity contribution is 0.502. The van der Waals surface area contributed by atoms with Crippen molar-refractivity contribution in [2.75, 3.05) is 6.16 Å². The lowest BCUT2D eigenvalue weighted by atomic mass is 10.3. The molecule has 0 aliphatic heterocycles. The van der Waals surface area contributed by atoms with Gasteiger partial charge in [-0.25, -0.2) is 0 Å². The molecular weight excluding hydrogens is 183 g/mol. The van der Waals surface area contributed by atoms with Crippen LogP contribution in [0.2, 0.25) is 0 Å². The molecule has 0 saturated carbocycles. The topological polar surface area (TPSA) is 26.3 Å². The van der Waals surface area contributed by atoms with Gasteiger partial charge in [0, 0.05) is 6.16 Å². The Bertz CT molecular complexity index is 259. The summed E-state index contributed by atoms with van der Waals surface area (Å²) in [5.41, 5.74) is 0. The zero-order valence-electron chi connectivity index (χ0n) is 7.82. The lowest BCUT2D eigenvalue weighted by Crippen LogP contribution is -1.85. The van der Waals surface area contributed by atoms with E-state index in [1.54, 1.807) is 0 Å². The zero-order valence-corrected chi connectivity index (χ0v) is 8.82. The third-order valence-corrected chi connectivity index (χ3v) is 2.93. The average molecular weight is 198 g/mol. The third kappa shape index (κ3) is 4.14. The van der Waals surface area contributed by atoms with Crippen molar-refractivity contribution in [2.24, 2.45) is 0 Å². The third-order valence-electron chi connectivity index (χ3n) is 1.71. The van der Waals surface area contributed by atoms with E-state index in [2.05, 4.69) is 6.92 Å². The van der Waals surface area contributed by atoms with Crippen LogP contribution in [0.15, 0.2) is 30.3 Å². The Morgan fingerprint density at radius 3 is 2.62 bits per heavy atom. The van der Waals surface area contributed by atoms with E-state index < -0.39 is 8.03 Å². The van der Waals surface area contributed by atoms with Crippen LogP contribution < -0.4 is 4.52 Å². The zero-order chi connectivity index (χ0) is 9.52. The predicted octanol–water partition coefficient (Wildman–Crippen LogP) is 3.34. The SMILES string of the molecule is CCCC[PH](=O)Oc1ccccc1. The van der Waals surface area contributed by atoms with Crippen LogP contribution in [0, 0.1) is 0 Å². The summed E-state index contributed by atoms with van der Waals surface area (Å²) in [6, 6.07) is 9.33. The Morgan fingerprint density at radius 2 is 2.00 bits per heavy atom. The normalized spacial score (nSPS) is 12.4. The first kappa shape index (κ1) is 10.3. The van der Waals surface area contributed by atoms with Gasteiger partial charge in [-0.15, -0.1) is 0 Å². The maximum atomic E-state index is 11.3. The van der Waals surface area contributed by atoms with Crippen molar-refractivity contribution < 1.29 is 9.09 Å². The molecule has 13 heavy (non-hydrogen) atoms. The van der Waals surface area contributed by atoms with Crippen molar-refractivity contribution in [1.82, 2.24) is 0 Å². The quantitative estimate of drug-likeness (QED) is 0.678. The molecule has 0 N–H and O–H groups in total. The minimum absolute atomic E-state index is 0.691. The summed E-state index contributed by atoms with van der Waals surface area (Å²) in [7, 11) is -1.85. The van der Waals surface area contributed by atoms with Gasteiger partial charge in [0.1, 0.15) is 5.75 Å². The standard InChI is InChI=1S/C10H15O2P/c1-2-3-9-13(11)12-10-7-5-4-6-8-10/h4-8,13H,2-3,9H2,1H3. The Labute approximate surface area is 79.8 Å². The van der Waals surface area contributed by atoms with Crippen molar-refractivity contribution in [2.45, 2.75) is 19.8 Å². The number of hydrogen-bond donors (Lipinski definition) is 0. The van der Waals surface area contributed by atoms with E-state index in [9.17, 15) is 4.57 Å². The molecule has 1 aromatic carbocycles. The molecule has 3 heteroatoms. The molecule has 0 saturated heterocycles. The van der Waals surface area contributed by atoms with Crippen molar-refractivity contribution in [3.05, 3.63) is 30.3 Å². The van der Waals surface area contributed by atoms with E-state index in [1.807, 2.05) is 30.3 Å². The van der Waals surface area contributed by atoms with Crippen LogP contribution in [0.4, 0.5) is 0 Å². The minimum atomic E-state index is -1.85. The van der Waals surface area contributed by atoms with Gasteiger partial charge in [-0.05, 0) is 18.6 Å². The summed E-state index contributed by atoms with van der Waals surface area (Å²) in [5.74, 6) is 0.711. The summed E-state index contributed by atoms with van der Waals surface area (Å²) in [5, 5.41) is 0. The van der Waals surface area contributed by atoms with Gasteiger partial charge < -0.3 is 4.52 Å². The molecule has 0 aromatic heterocycles. The van der Waals surface area contributed by atoms with Gasteiger partial charge in [-0.2, -0.15) is 0 Å². The molecule has 0 aliphatic carbocycles. The van der Waals surface area contributed by atoms with Crippen LogP contribution in [-0.2, 0) is 4.57 Å². The van der Waals surface area contributed by atoms with Gasteiger partial charge in [-0.3, -0.25) is 4.57 Å². The van der Waals surface area contributed by atoms with Crippen LogP contribution in [0.25, 0.3) is 0 Å². The second-order valence-corrected chi connectivity index (χ2v) is 4.34. The van der Waals surface area contributed by atoms with Crippen LogP contribution >= 0.6 is 8.03 Å². The van der Waals surface area contributed by atoms with E-state index in [4.69, 9.17) is 4.52 Å². The smallest absolute Gasteiger partial charge is 0.236 e. The predicted molar refractivity (Wildman–Crippen MR) is 55.8 cm³/mol. The summed E-state index contributed by atoms with van der Waals surface area (Å²) in [4.78, 5) is 0. The molecular formula is C10H15O2P. The summed E-state index contributed by atoms with van der Waals surface area (Å²) < 4.78 is 16.6. The highest BCUT2D eigenvalue weighted by atomic mass is 31.1. The van der Waals surface area contributed by atoms with Crippen molar-refractivity contribution in [3.63, 3.8) is 0 Å². The number of unbranched alkanes of at least 4 members (excludes halogenated alkanes) is 1. The van der Waals surface area contributed by atoms with Crippen molar-refractivity contribution in [3.8, 4) is 5.75 Å². The van der Waals surface area contributed by atoms with Gasteiger partial charge in [0.15, 0.2) is 0 Å². The van der Waals surface area contributed by atoms with E-state index in [0.29, 0.717) is 11.9 Å². The first-order chi connectivity index (χ1) is 6.33. The Balaban J connectivity index is 2.37. The highest BCUT2D eigenvalue weighted by Crippen LogP contribution is 2.27. The Morgan fingerprint density at radius 1 is 1.31 bits per heavy atom. The first-order valence-corrected chi connectivity index (χ1v) is 6.11. The van der Waals surface area contributed by atoms with Crippen LogP contribution in [0.1, 0.15) is 19.8 Å². The summed E-state index contributed by atoms with van der Waals surface area (Å²) in [6.45, 7) is 2.08. The fraction of sp³-hybridized carbons (Fsp3) is 0.400. The molecule has 72 valence electrons. The molecule has 2 nitrogen and oxygen atoms in total. The van der Waals surface area contributed by atoms with Crippen LogP contribution in [0.5, 0.6) is 5.75 Å². The number of hydrogen-bond acceptors (Lipinski definition) is 2. The highest BCUT2D eigenvalue weighted by molar-refractivity contribution is 7.39. The van der Waals surface area contributed by atoms with E-state index in [-0.39, 0.29) is 0 Å². The van der Waals surface area contributed by atoms with Gasteiger partial charge in [-0.1, -0.05) is 31.5 Å². The van der Waals surface area contributed by atoms with Crippen molar-refractivity contribution >= 4 is 8.03 Å². The van der Waals surface area contributed by atoms with Crippen LogP contribution in [-0.4, -0.2) is 6.16 Å². The molecule has 0 amide bonds. The summed E-state index contributed by atoms with van der Waals surface area (Å²) in [6.07, 6.45) is 2.73. The Kier molecular flexibility index (Phi) is 4.63. The van der Waals surface area contributed by atoms with E-state index in [1.165, 1.54) is 0 Å². The van der Waals surface area contributed by atoms with E-state index >= 15 is 0 Å². The number of benzene rings is 1. The molecule has 1 atom stereocenters. The largest absolute Gasteiger partial charge is 0.445 e. The fourth-order valence-electron chi connectivity index (χ4n) is 0.992. The maximum absolute atomic E-state index is 11.3. The molecule has 0 aliphatic rings. The second-order valence-electron chi connectivity index (χ2n) is 2.89. The Hall–Kier alpha value is -0.750. The first-order valence-electron chi connectivity index (χ1n) is 4.58. The van der Waals surface area contributed by atoms with Gasteiger partial charge in [0.05, 0.1) is 0 Å². The molecule has 1 rings (SSSR count). The maximum Gasteiger partial charge on any atom is 0.236 e. The van der Waals surface area contributed by atoms with Crippen molar-refractivity contribution in [1.29, 1.82) is 0 Å². The molecule has 0 fully saturated rings. The number of para-hydroxylation sites is 1. The fourth-order valence-corrected chi connectivity index (χ4v) is 2.14. The highest BCUT2D eigenvalue weighted by Gasteiger charge is 1.99. The lowest BCUT2D eigenvalue weighted by Gasteiger charge is -2.04. The molecule has 0 radical (unpaired) electrons. The van der Waals surface area contributed by atoms with Gasteiger partial charge >= 0.3 is 0 Å². The number of rotatable bonds is 5. The molecule has 1 unspecified atom stereocenters. The van der Waals surface area contributed by atoms with Gasteiger partial charge in [0.2, 0.25) is 8.03 Å². The van der Waals surface area contributed by atoms with Gasteiger partial charge in [0.25, 0.3) is 0 Å². The molecule has 1 aromatic rings. The second kappa shape index (κ2) is 5.82. The monoisotopic (exact) mass is 198 g/mol. The molecule has 0 bridgehead atoms. The van der Waals surface area contributed by atoms with E-state index in [0.717, 1.165) is 12.8 Å². The molecule has 0 spiro atoms. The molecule has 0 heterocycles. The minimum Gasteiger partial charge on any atom is -0.445 e.